The summed E-state index contributed by atoms with van der Waals surface area (Å²) in [5, 5.41) is 12.2. The molecule has 1 unspecified atom stereocenters. The van der Waals surface area contributed by atoms with Crippen LogP contribution in [-0.2, 0) is 4.79 Å². The molecule has 0 radical (unpaired) electrons. The largest absolute Gasteiger partial charge is 0.379 e. The van der Waals surface area contributed by atoms with Crippen molar-refractivity contribution in [2.24, 2.45) is 0 Å². The van der Waals surface area contributed by atoms with E-state index in [0.717, 1.165) is 12.8 Å². The van der Waals surface area contributed by atoms with E-state index in [1.165, 1.54) is 12.1 Å². The third-order valence-electron chi connectivity index (χ3n) is 3.61. The fourth-order valence-corrected chi connectivity index (χ4v) is 2.52. The van der Waals surface area contributed by atoms with Crippen LogP contribution in [0.3, 0.4) is 0 Å². The van der Waals surface area contributed by atoms with Crippen molar-refractivity contribution in [2.75, 3.05) is 11.9 Å². The molecule has 2 fully saturated rings. The summed E-state index contributed by atoms with van der Waals surface area (Å²) >= 11 is 0. The number of benzene rings is 1. The molecule has 1 heterocycles. The Kier molecular flexibility index (Phi) is 2.86. The quantitative estimate of drug-likeness (QED) is 0.901. The zero-order valence-corrected chi connectivity index (χ0v) is 10.4. The molecular weight excluding hydrogens is 245 g/mol. The molecule has 0 bridgehead atoms. The first kappa shape index (κ1) is 12.0. The number of likely N-dealkylation sites (tertiary alicyclic amines) is 1. The number of anilines is 1. The molecule has 1 aromatic carbocycles. The second-order valence-electron chi connectivity index (χ2n) is 5.12. The van der Waals surface area contributed by atoms with Gasteiger partial charge in [0, 0.05) is 19.0 Å². The lowest BCUT2D eigenvalue weighted by molar-refractivity contribution is -0.128. The normalized spacial score (nSPS) is 22.4. The number of carbonyl (C=O) groups is 1. The van der Waals surface area contributed by atoms with Gasteiger partial charge in [0.15, 0.2) is 0 Å². The maximum Gasteiger partial charge on any atom is 0.225 e. The van der Waals surface area contributed by atoms with Crippen LogP contribution in [-0.4, -0.2) is 29.4 Å². The highest BCUT2D eigenvalue weighted by atomic mass is 19.1. The minimum atomic E-state index is -0.427. The van der Waals surface area contributed by atoms with Gasteiger partial charge in [-0.2, -0.15) is 5.26 Å². The summed E-state index contributed by atoms with van der Waals surface area (Å²) in [7, 11) is 0. The van der Waals surface area contributed by atoms with Crippen LogP contribution >= 0.6 is 0 Å². The van der Waals surface area contributed by atoms with Crippen molar-refractivity contribution in [1.29, 1.82) is 5.26 Å². The average Bonchev–Trinajstić information content (AvgIpc) is 3.16. The first-order chi connectivity index (χ1) is 9.17. The molecule has 1 saturated heterocycles. The first-order valence-corrected chi connectivity index (χ1v) is 6.43. The summed E-state index contributed by atoms with van der Waals surface area (Å²) in [5.74, 6) is -0.259. The molecule has 3 rings (SSSR count). The van der Waals surface area contributed by atoms with E-state index in [4.69, 9.17) is 5.26 Å². The van der Waals surface area contributed by atoms with Crippen LogP contribution in [0.4, 0.5) is 10.1 Å². The van der Waals surface area contributed by atoms with Crippen LogP contribution < -0.4 is 5.32 Å². The van der Waals surface area contributed by atoms with Gasteiger partial charge in [0.2, 0.25) is 5.91 Å². The molecule has 1 atom stereocenters. The van der Waals surface area contributed by atoms with Crippen molar-refractivity contribution >= 4 is 11.6 Å². The van der Waals surface area contributed by atoms with Crippen molar-refractivity contribution in [3.05, 3.63) is 29.6 Å². The van der Waals surface area contributed by atoms with Crippen LogP contribution in [0, 0.1) is 17.1 Å². The average molecular weight is 259 g/mol. The Labute approximate surface area is 110 Å². The molecule has 19 heavy (non-hydrogen) atoms. The molecule has 1 amide bonds. The number of halogens is 1. The van der Waals surface area contributed by atoms with E-state index < -0.39 is 5.82 Å². The minimum absolute atomic E-state index is 0.00524. The van der Waals surface area contributed by atoms with Gasteiger partial charge in [-0.1, -0.05) is 0 Å². The second kappa shape index (κ2) is 4.54. The number of carbonyl (C=O) groups excluding carboxylic acids is 1. The van der Waals surface area contributed by atoms with E-state index in [9.17, 15) is 9.18 Å². The molecule has 5 heteroatoms. The van der Waals surface area contributed by atoms with Gasteiger partial charge in [-0.05, 0) is 31.0 Å². The highest BCUT2D eigenvalue weighted by Crippen LogP contribution is 2.31. The molecule has 1 saturated carbocycles. The van der Waals surface area contributed by atoms with E-state index in [1.807, 2.05) is 11.0 Å². The Morgan fingerprint density at radius 3 is 2.89 bits per heavy atom. The third-order valence-corrected chi connectivity index (χ3v) is 3.61. The second-order valence-corrected chi connectivity index (χ2v) is 5.12. The smallest absolute Gasteiger partial charge is 0.225 e. The van der Waals surface area contributed by atoms with Crippen molar-refractivity contribution < 1.29 is 9.18 Å². The molecule has 2 aliphatic rings. The molecule has 1 aromatic rings. The highest BCUT2D eigenvalue weighted by molar-refractivity contribution is 5.81. The summed E-state index contributed by atoms with van der Waals surface area (Å²) in [6.45, 7) is 0.672. The standard InChI is InChI=1S/C14H14FN3O/c15-10-1-4-13(9(5-10)7-16)17-11-6-14(19)18(8-11)12-2-3-12/h1,4-5,11-12,17H,2-3,6,8H2. The maximum atomic E-state index is 13.0. The summed E-state index contributed by atoms with van der Waals surface area (Å²) in [6, 6.07) is 6.47. The fraction of sp³-hybridized carbons (Fsp3) is 0.429. The highest BCUT2D eigenvalue weighted by Gasteiger charge is 2.39. The van der Waals surface area contributed by atoms with E-state index >= 15 is 0 Å². The van der Waals surface area contributed by atoms with Crippen LogP contribution in [0.15, 0.2) is 18.2 Å². The van der Waals surface area contributed by atoms with Gasteiger partial charge in [-0.3, -0.25) is 4.79 Å². The number of nitrogens with one attached hydrogen (secondary N) is 1. The molecule has 98 valence electrons. The summed E-state index contributed by atoms with van der Waals surface area (Å²) in [4.78, 5) is 13.7. The Balaban J connectivity index is 1.72. The number of hydrogen-bond donors (Lipinski definition) is 1. The molecular formula is C14H14FN3O. The molecule has 1 aliphatic carbocycles. The fourth-order valence-electron chi connectivity index (χ4n) is 2.52. The number of amides is 1. The van der Waals surface area contributed by atoms with Crippen LogP contribution in [0.2, 0.25) is 0 Å². The Hall–Kier alpha value is -2.09. The summed E-state index contributed by atoms with van der Waals surface area (Å²) in [6.07, 6.45) is 2.63. The predicted molar refractivity (Wildman–Crippen MR) is 67.9 cm³/mol. The van der Waals surface area contributed by atoms with E-state index in [0.29, 0.717) is 24.7 Å². The lowest BCUT2D eigenvalue weighted by Crippen LogP contribution is -2.29. The first-order valence-electron chi connectivity index (χ1n) is 6.43. The van der Waals surface area contributed by atoms with Gasteiger partial charge in [0.1, 0.15) is 11.9 Å². The lowest BCUT2D eigenvalue weighted by atomic mass is 10.1. The zero-order valence-electron chi connectivity index (χ0n) is 10.4. The van der Waals surface area contributed by atoms with Gasteiger partial charge in [0.05, 0.1) is 17.3 Å². The van der Waals surface area contributed by atoms with E-state index in [1.54, 1.807) is 6.07 Å². The number of hydrogen-bond acceptors (Lipinski definition) is 3. The van der Waals surface area contributed by atoms with Gasteiger partial charge >= 0.3 is 0 Å². The van der Waals surface area contributed by atoms with Crippen molar-refractivity contribution in [3.63, 3.8) is 0 Å². The molecule has 1 aliphatic heterocycles. The number of nitrogens with zero attached hydrogens (tertiary/aromatic N) is 2. The van der Waals surface area contributed by atoms with Crippen LogP contribution in [0.25, 0.3) is 0 Å². The summed E-state index contributed by atoms with van der Waals surface area (Å²) < 4.78 is 13.0. The van der Waals surface area contributed by atoms with Gasteiger partial charge in [0.25, 0.3) is 0 Å². The van der Waals surface area contributed by atoms with E-state index in [2.05, 4.69) is 5.32 Å². The minimum Gasteiger partial charge on any atom is -0.379 e. The predicted octanol–water partition coefficient (Wildman–Crippen LogP) is 1.87. The molecule has 0 aromatic heterocycles. The monoisotopic (exact) mass is 259 g/mol. The van der Waals surface area contributed by atoms with Crippen LogP contribution in [0.5, 0.6) is 0 Å². The van der Waals surface area contributed by atoms with Gasteiger partial charge in [-0.15, -0.1) is 0 Å². The van der Waals surface area contributed by atoms with Gasteiger partial charge < -0.3 is 10.2 Å². The Bertz CT molecular complexity index is 562. The van der Waals surface area contributed by atoms with Gasteiger partial charge in [-0.25, -0.2) is 4.39 Å². The van der Waals surface area contributed by atoms with Crippen LogP contribution in [0.1, 0.15) is 24.8 Å². The van der Waals surface area contributed by atoms with Crippen molar-refractivity contribution in [2.45, 2.75) is 31.3 Å². The third kappa shape index (κ3) is 2.39. The molecule has 4 nitrogen and oxygen atoms in total. The topological polar surface area (TPSA) is 56.1 Å². The SMILES string of the molecule is N#Cc1cc(F)ccc1NC1CC(=O)N(C2CC2)C1. The zero-order chi connectivity index (χ0) is 13.4. The van der Waals surface area contributed by atoms with E-state index in [-0.39, 0.29) is 17.5 Å². The van der Waals surface area contributed by atoms with Crippen molar-refractivity contribution in [3.8, 4) is 6.07 Å². The molecule has 0 spiro atoms. The Morgan fingerprint density at radius 2 is 2.21 bits per heavy atom. The lowest BCUT2D eigenvalue weighted by Gasteiger charge is -2.17. The number of nitriles is 1. The molecule has 1 N–H and O–H groups in total. The number of rotatable bonds is 3. The Morgan fingerprint density at radius 1 is 1.42 bits per heavy atom. The van der Waals surface area contributed by atoms with Crippen molar-refractivity contribution in [1.82, 2.24) is 4.90 Å². The maximum absolute atomic E-state index is 13.0. The summed E-state index contributed by atoms with van der Waals surface area (Å²) in [5.41, 5.74) is 0.872.